The minimum Gasteiger partial charge on any atom is -0.478 e. The number of benzene rings is 1. The molecule has 11 heteroatoms. The lowest BCUT2D eigenvalue weighted by atomic mass is 9.88. The Balaban J connectivity index is 0. The van der Waals surface area contributed by atoms with Gasteiger partial charge in [0.2, 0.25) is 0 Å². The van der Waals surface area contributed by atoms with E-state index in [4.69, 9.17) is 40.5 Å². The van der Waals surface area contributed by atoms with Crippen molar-refractivity contribution in [2.45, 2.75) is 41.0 Å². The largest absolute Gasteiger partial charge is 0.478 e. The summed E-state index contributed by atoms with van der Waals surface area (Å²) in [6.07, 6.45) is 0.594. The monoisotopic (exact) mass is 504 g/mol. The highest BCUT2D eigenvalue weighted by Crippen LogP contribution is 2.20. The first kappa shape index (κ1) is 34.6. The van der Waals surface area contributed by atoms with E-state index >= 15 is 0 Å². The van der Waals surface area contributed by atoms with E-state index in [0.717, 1.165) is 6.07 Å². The van der Waals surface area contributed by atoms with Gasteiger partial charge in [0.05, 0.1) is 56.2 Å². The van der Waals surface area contributed by atoms with Gasteiger partial charge < -0.3 is 40.5 Å². The van der Waals surface area contributed by atoms with Gasteiger partial charge in [-0.25, -0.2) is 9.59 Å². The Kier molecular flexibility index (Phi) is 16.0. The average molecular weight is 505 g/mol. The number of aromatic carboxylic acids is 2. The quantitative estimate of drug-likeness (QED) is 0.212. The minimum absolute atomic E-state index is 0.0186. The first-order valence-corrected chi connectivity index (χ1v) is 10.9. The molecular weight excluding hydrogens is 464 g/mol. The summed E-state index contributed by atoms with van der Waals surface area (Å²) in [7, 11) is 0. The molecule has 35 heavy (non-hydrogen) atoms. The summed E-state index contributed by atoms with van der Waals surface area (Å²) >= 11 is 0. The lowest BCUT2D eigenvalue weighted by molar-refractivity contribution is -0.159. The first-order chi connectivity index (χ1) is 16.1. The smallest absolute Gasteiger partial charge is 0.335 e. The maximum atomic E-state index is 11.4. The van der Waals surface area contributed by atoms with Crippen molar-refractivity contribution in [3.63, 3.8) is 0 Å². The van der Waals surface area contributed by atoms with Crippen LogP contribution in [-0.4, -0.2) is 93.3 Å². The molecule has 0 radical (unpaired) electrons. The molecule has 0 unspecified atom stereocenters. The fraction of sp³-hybridized carbons (Fsp3) is 0.625. The standard InChI is InChI=1S/C10H20O4.C8H6O4.C6H14O3/c1-9(2,5-11)7-14-8(13)10(3,4)6-12;9-7(10)5-2-1-3-6(4-5)8(11)12;1-2-6(3-7,4-8)5-9/h11-12H,5-7H2,1-4H3;1-4H,(H,9,10)(H,11,12);7-9H,2-5H2,1H3. The van der Waals surface area contributed by atoms with Crippen LogP contribution >= 0.6 is 0 Å². The van der Waals surface area contributed by atoms with Gasteiger partial charge in [0.15, 0.2) is 0 Å². The molecule has 0 amide bonds. The number of aliphatic hydroxyl groups is 5. The van der Waals surface area contributed by atoms with Crippen LogP contribution in [-0.2, 0) is 9.53 Å². The van der Waals surface area contributed by atoms with Gasteiger partial charge in [-0.1, -0.05) is 26.8 Å². The Morgan fingerprint density at radius 1 is 0.771 bits per heavy atom. The molecule has 0 atom stereocenters. The molecule has 1 aromatic carbocycles. The summed E-state index contributed by atoms with van der Waals surface area (Å²) in [5.74, 6) is -2.70. The van der Waals surface area contributed by atoms with Gasteiger partial charge in [0.25, 0.3) is 0 Å². The summed E-state index contributed by atoms with van der Waals surface area (Å²) in [5, 5.41) is 60.8. The Labute approximate surface area is 205 Å². The number of hydrogen-bond donors (Lipinski definition) is 7. The molecule has 0 aliphatic heterocycles. The van der Waals surface area contributed by atoms with Gasteiger partial charge in [-0.2, -0.15) is 0 Å². The number of esters is 1. The molecule has 7 N–H and O–H groups in total. The SMILES string of the molecule is CC(C)(CO)COC(=O)C(C)(C)CO.CCC(CO)(CO)CO.O=C(O)c1cccc(C(=O)O)c1. The van der Waals surface area contributed by atoms with Gasteiger partial charge in [-0.05, 0) is 38.5 Å². The molecule has 0 saturated heterocycles. The van der Waals surface area contributed by atoms with Crippen molar-refractivity contribution in [2.75, 3.05) is 39.6 Å². The lowest BCUT2D eigenvalue weighted by Gasteiger charge is -2.25. The second-order valence-electron chi connectivity index (χ2n) is 9.46. The van der Waals surface area contributed by atoms with Crippen LogP contribution in [0.1, 0.15) is 61.8 Å². The predicted octanol–water partition coefficient (Wildman–Crippen LogP) is 1.01. The zero-order chi connectivity index (χ0) is 27.9. The molecule has 0 heterocycles. The molecule has 0 spiro atoms. The molecule has 1 aromatic rings. The van der Waals surface area contributed by atoms with Crippen LogP contribution in [0.4, 0.5) is 0 Å². The van der Waals surface area contributed by atoms with Crippen molar-refractivity contribution in [2.24, 2.45) is 16.2 Å². The van der Waals surface area contributed by atoms with Crippen LogP contribution in [0.5, 0.6) is 0 Å². The summed E-state index contributed by atoms with van der Waals surface area (Å²) in [5.41, 5.74) is -2.00. The van der Waals surface area contributed by atoms with E-state index in [1.54, 1.807) is 27.7 Å². The van der Waals surface area contributed by atoms with Crippen molar-refractivity contribution in [1.29, 1.82) is 0 Å². The number of ether oxygens (including phenoxy) is 1. The highest BCUT2D eigenvalue weighted by molar-refractivity contribution is 5.93. The lowest BCUT2D eigenvalue weighted by Crippen LogP contribution is -2.34. The number of rotatable bonds is 11. The van der Waals surface area contributed by atoms with Crippen molar-refractivity contribution < 1.29 is 54.9 Å². The third-order valence-corrected chi connectivity index (χ3v) is 5.08. The Morgan fingerprint density at radius 3 is 1.46 bits per heavy atom. The summed E-state index contributed by atoms with van der Waals surface area (Å²) in [4.78, 5) is 32.2. The van der Waals surface area contributed by atoms with Crippen LogP contribution in [0.15, 0.2) is 24.3 Å². The molecule has 0 aliphatic rings. The van der Waals surface area contributed by atoms with Gasteiger partial charge >= 0.3 is 17.9 Å². The number of hydrogen-bond acceptors (Lipinski definition) is 9. The van der Waals surface area contributed by atoms with Crippen LogP contribution in [0.3, 0.4) is 0 Å². The molecule has 0 aliphatic carbocycles. The zero-order valence-corrected chi connectivity index (χ0v) is 21.0. The van der Waals surface area contributed by atoms with Crippen molar-refractivity contribution >= 4 is 17.9 Å². The molecule has 1 rings (SSSR count). The van der Waals surface area contributed by atoms with Gasteiger partial charge in [-0.3, -0.25) is 4.79 Å². The van der Waals surface area contributed by atoms with E-state index in [9.17, 15) is 14.4 Å². The molecule has 0 fully saturated rings. The Hall–Kier alpha value is -2.57. The second kappa shape index (κ2) is 16.2. The Morgan fingerprint density at radius 2 is 1.20 bits per heavy atom. The topological polar surface area (TPSA) is 202 Å². The molecule has 0 saturated carbocycles. The number of carbonyl (C=O) groups excluding carboxylic acids is 1. The van der Waals surface area contributed by atoms with Crippen LogP contribution < -0.4 is 0 Å². The second-order valence-corrected chi connectivity index (χ2v) is 9.46. The fourth-order valence-corrected chi connectivity index (χ4v) is 1.84. The minimum atomic E-state index is -1.13. The van der Waals surface area contributed by atoms with Crippen molar-refractivity contribution in [1.82, 2.24) is 0 Å². The van der Waals surface area contributed by atoms with E-state index < -0.39 is 34.2 Å². The van der Waals surface area contributed by atoms with Crippen LogP contribution in [0.25, 0.3) is 0 Å². The van der Waals surface area contributed by atoms with E-state index in [1.165, 1.54) is 18.2 Å². The number of carboxylic acids is 2. The normalized spacial score (nSPS) is 11.4. The van der Waals surface area contributed by atoms with Gasteiger partial charge in [0.1, 0.15) is 0 Å². The van der Waals surface area contributed by atoms with Crippen molar-refractivity contribution in [3.8, 4) is 0 Å². The summed E-state index contributed by atoms with van der Waals surface area (Å²) in [6.45, 7) is 8.05. The third kappa shape index (κ3) is 13.2. The van der Waals surface area contributed by atoms with Gasteiger partial charge in [0, 0.05) is 10.8 Å². The fourth-order valence-electron chi connectivity index (χ4n) is 1.84. The Bertz CT molecular complexity index is 737. The molecular formula is C24H40O11. The van der Waals surface area contributed by atoms with Gasteiger partial charge in [-0.15, -0.1) is 0 Å². The molecule has 0 bridgehead atoms. The van der Waals surface area contributed by atoms with E-state index in [0.29, 0.717) is 6.42 Å². The predicted molar refractivity (Wildman–Crippen MR) is 127 cm³/mol. The average Bonchev–Trinajstić information content (AvgIpc) is 2.85. The number of carboxylic acid groups (broad SMARTS) is 2. The van der Waals surface area contributed by atoms with Crippen LogP contribution in [0.2, 0.25) is 0 Å². The van der Waals surface area contributed by atoms with Crippen molar-refractivity contribution in [3.05, 3.63) is 35.4 Å². The third-order valence-electron chi connectivity index (χ3n) is 5.08. The van der Waals surface area contributed by atoms with E-state index in [1.807, 2.05) is 6.92 Å². The maximum absolute atomic E-state index is 11.4. The maximum Gasteiger partial charge on any atom is 0.335 e. The zero-order valence-electron chi connectivity index (χ0n) is 21.0. The van der Waals surface area contributed by atoms with E-state index in [-0.39, 0.29) is 50.8 Å². The molecule has 202 valence electrons. The number of aliphatic hydroxyl groups excluding tert-OH is 5. The number of carbonyl (C=O) groups is 3. The highest BCUT2D eigenvalue weighted by atomic mass is 16.5. The first-order valence-electron chi connectivity index (χ1n) is 10.9. The summed E-state index contributed by atoms with van der Waals surface area (Å²) in [6, 6.07) is 5.20. The van der Waals surface area contributed by atoms with E-state index in [2.05, 4.69) is 0 Å². The summed E-state index contributed by atoms with van der Waals surface area (Å²) < 4.78 is 4.99. The highest BCUT2D eigenvalue weighted by Gasteiger charge is 2.30. The van der Waals surface area contributed by atoms with Crippen LogP contribution in [0, 0.1) is 16.2 Å². The molecule has 0 aromatic heterocycles. The molecule has 11 nitrogen and oxygen atoms in total.